The molecule has 1 aliphatic heterocycles. The molecular formula is C23H33F2NO5. The van der Waals surface area contributed by atoms with Crippen LogP contribution < -0.4 is 10.1 Å². The lowest BCUT2D eigenvalue weighted by Gasteiger charge is -2.27. The number of unbranched alkanes of at least 4 members (excludes halogenated alkanes) is 1. The SMILES string of the molecule is CCCCc1c(F)c(NC(=O)C(C)(C)C)c(C(=O)OCC)c(OC2CCCCO2)c1F. The number of ether oxygens (including phenoxy) is 3. The Labute approximate surface area is 182 Å². The molecular weight excluding hydrogens is 408 g/mol. The Kier molecular flexibility index (Phi) is 8.79. The molecule has 174 valence electrons. The van der Waals surface area contributed by atoms with Gasteiger partial charge >= 0.3 is 5.97 Å². The normalized spacial score (nSPS) is 16.7. The summed E-state index contributed by atoms with van der Waals surface area (Å²) < 4.78 is 47.3. The van der Waals surface area contributed by atoms with Gasteiger partial charge in [-0.3, -0.25) is 4.79 Å². The predicted octanol–water partition coefficient (Wildman–Crippen LogP) is 5.37. The van der Waals surface area contributed by atoms with Crippen LogP contribution in [0, 0.1) is 17.0 Å². The minimum absolute atomic E-state index is 0.00825. The molecule has 0 aromatic heterocycles. The number of hydrogen-bond acceptors (Lipinski definition) is 5. The maximum atomic E-state index is 15.5. The van der Waals surface area contributed by atoms with Gasteiger partial charge in [-0.05, 0) is 32.6 Å². The molecule has 1 aliphatic rings. The number of rotatable bonds is 8. The van der Waals surface area contributed by atoms with E-state index in [-0.39, 0.29) is 18.6 Å². The summed E-state index contributed by atoms with van der Waals surface area (Å²) in [4.78, 5) is 25.4. The maximum Gasteiger partial charge on any atom is 0.344 e. The number of esters is 1. The number of nitrogens with one attached hydrogen (secondary N) is 1. The number of benzene rings is 1. The number of carbonyl (C=O) groups excluding carboxylic acids is 2. The zero-order valence-corrected chi connectivity index (χ0v) is 19.0. The summed E-state index contributed by atoms with van der Waals surface area (Å²) in [7, 11) is 0. The average molecular weight is 442 g/mol. The van der Waals surface area contributed by atoms with Crippen molar-refractivity contribution in [1.29, 1.82) is 0 Å². The first kappa shape index (κ1) is 25.0. The highest BCUT2D eigenvalue weighted by atomic mass is 19.1. The molecule has 0 spiro atoms. The Hall–Kier alpha value is -2.22. The molecule has 1 saturated heterocycles. The first-order chi connectivity index (χ1) is 14.6. The number of carbonyl (C=O) groups is 2. The lowest BCUT2D eigenvalue weighted by Crippen LogP contribution is -2.31. The van der Waals surface area contributed by atoms with Crippen molar-refractivity contribution in [3.8, 4) is 5.75 Å². The second-order valence-electron chi connectivity index (χ2n) is 8.63. The van der Waals surface area contributed by atoms with Crippen LogP contribution in [-0.4, -0.2) is 31.4 Å². The minimum Gasteiger partial charge on any atom is -0.462 e. The molecule has 1 amide bonds. The summed E-state index contributed by atoms with van der Waals surface area (Å²) in [5.74, 6) is -3.88. The molecule has 0 radical (unpaired) electrons. The average Bonchev–Trinajstić information content (AvgIpc) is 2.71. The standard InChI is InChI=1S/C23H33F2NO5/c1-6-8-11-14-17(24)19(26-22(28)23(3,4)5)16(21(27)29-7-2)20(18(14)25)31-15-12-9-10-13-30-15/h15H,6-13H2,1-5H3,(H,26,28). The Morgan fingerprint density at radius 3 is 2.42 bits per heavy atom. The van der Waals surface area contributed by atoms with E-state index in [4.69, 9.17) is 14.2 Å². The first-order valence-electron chi connectivity index (χ1n) is 10.9. The van der Waals surface area contributed by atoms with Crippen LogP contribution in [0.25, 0.3) is 0 Å². The zero-order valence-electron chi connectivity index (χ0n) is 19.0. The van der Waals surface area contributed by atoms with Crippen LogP contribution in [0.2, 0.25) is 0 Å². The monoisotopic (exact) mass is 441 g/mol. The molecule has 2 rings (SSSR count). The third-order valence-corrected chi connectivity index (χ3v) is 4.99. The zero-order chi connectivity index (χ0) is 23.2. The number of hydrogen-bond donors (Lipinski definition) is 1. The van der Waals surface area contributed by atoms with Crippen molar-refractivity contribution >= 4 is 17.6 Å². The minimum atomic E-state index is -0.983. The van der Waals surface area contributed by atoms with Gasteiger partial charge in [0.1, 0.15) is 5.56 Å². The highest BCUT2D eigenvalue weighted by molar-refractivity contribution is 6.05. The van der Waals surface area contributed by atoms with Gasteiger partial charge in [0, 0.05) is 17.4 Å². The molecule has 0 aliphatic carbocycles. The van der Waals surface area contributed by atoms with E-state index in [9.17, 15) is 9.59 Å². The summed E-state index contributed by atoms with van der Waals surface area (Å²) in [5, 5.41) is 2.48. The summed E-state index contributed by atoms with van der Waals surface area (Å²) in [6.45, 7) is 8.87. The van der Waals surface area contributed by atoms with Gasteiger partial charge in [0.2, 0.25) is 5.91 Å². The molecule has 1 aromatic rings. The third kappa shape index (κ3) is 6.15. The molecule has 8 heteroatoms. The Morgan fingerprint density at radius 1 is 1.16 bits per heavy atom. The van der Waals surface area contributed by atoms with E-state index in [1.165, 1.54) is 0 Å². The van der Waals surface area contributed by atoms with Crippen LogP contribution in [0.3, 0.4) is 0 Å². The van der Waals surface area contributed by atoms with E-state index in [1.807, 2.05) is 6.92 Å². The van der Waals surface area contributed by atoms with Gasteiger partial charge < -0.3 is 19.5 Å². The second-order valence-corrected chi connectivity index (χ2v) is 8.63. The van der Waals surface area contributed by atoms with Gasteiger partial charge in [-0.2, -0.15) is 0 Å². The van der Waals surface area contributed by atoms with Crippen LogP contribution in [0.15, 0.2) is 0 Å². The highest BCUT2D eigenvalue weighted by Gasteiger charge is 2.34. The van der Waals surface area contributed by atoms with E-state index in [2.05, 4.69) is 5.32 Å². The van der Waals surface area contributed by atoms with E-state index >= 15 is 8.78 Å². The van der Waals surface area contributed by atoms with Gasteiger partial charge in [0.05, 0.1) is 18.9 Å². The fourth-order valence-corrected chi connectivity index (χ4v) is 3.15. The van der Waals surface area contributed by atoms with Crippen molar-refractivity contribution in [2.75, 3.05) is 18.5 Å². The second kappa shape index (κ2) is 10.9. The predicted molar refractivity (Wildman–Crippen MR) is 113 cm³/mol. The van der Waals surface area contributed by atoms with E-state index < -0.39 is 52.2 Å². The smallest absolute Gasteiger partial charge is 0.344 e. The topological polar surface area (TPSA) is 73.9 Å². The quantitative estimate of drug-likeness (QED) is 0.549. The van der Waals surface area contributed by atoms with Gasteiger partial charge in [-0.1, -0.05) is 34.1 Å². The van der Waals surface area contributed by atoms with Gasteiger partial charge in [-0.15, -0.1) is 0 Å². The van der Waals surface area contributed by atoms with E-state index in [0.29, 0.717) is 25.9 Å². The Balaban J connectivity index is 2.68. The van der Waals surface area contributed by atoms with Gasteiger partial charge in [-0.25, -0.2) is 13.6 Å². The molecule has 1 heterocycles. The van der Waals surface area contributed by atoms with Crippen molar-refractivity contribution in [3.63, 3.8) is 0 Å². The van der Waals surface area contributed by atoms with Crippen LogP contribution >= 0.6 is 0 Å². The fraction of sp³-hybridized carbons (Fsp3) is 0.652. The Morgan fingerprint density at radius 2 is 1.87 bits per heavy atom. The molecule has 1 aromatic carbocycles. The van der Waals surface area contributed by atoms with E-state index in [0.717, 1.165) is 12.8 Å². The lowest BCUT2D eigenvalue weighted by molar-refractivity contribution is -0.123. The van der Waals surface area contributed by atoms with Crippen LogP contribution in [0.4, 0.5) is 14.5 Å². The first-order valence-corrected chi connectivity index (χ1v) is 10.9. The largest absolute Gasteiger partial charge is 0.462 e. The number of anilines is 1. The molecule has 31 heavy (non-hydrogen) atoms. The summed E-state index contributed by atoms with van der Waals surface area (Å²) in [6, 6.07) is 0. The number of halogens is 2. The number of amides is 1. The molecule has 1 unspecified atom stereocenters. The highest BCUT2D eigenvalue weighted by Crippen LogP contribution is 2.39. The summed E-state index contributed by atoms with van der Waals surface area (Å²) in [6.07, 6.45) is 2.74. The van der Waals surface area contributed by atoms with Crippen molar-refractivity contribution in [3.05, 3.63) is 22.8 Å². The fourth-order valence-electron chi connectivity index (χ4n) is 3.15. The van der Waals surface area contributed by atoms with Gasteiger partial charge in [0.15, 0.2) is 23.7 Å². The van der Waals surface area contributed by atoms with Crippen LogP contribution in [-0.2, 0) is 20.7 Å². The third-order valence-electron chi connectivity index (χ3n) is 4.99. The van der Waals surface area contributed by atoms with Crippen LogP contribution in [0.1, 0.15) is 82.6 Å². The molecule has 0 saturated carbocycles. The van der Waals surface area contributed by atoms with Crippen LogP contribution in [0.5, 0.6) is 5.75 Å². The van der Waals surface area contributed by atoms with Crippen molar-refractivity contribution < 1.29 is 32.6 Å². The van der Waals surface area contributed by atoms with Gasteiger partial charge in [0.25, 0.3) is 0 Å². The van der Waals surface area contributed by atoms with Crippen molar-refractivity contribution in [2.24, 2.45) is 5.41 Å². The van der Waals surface area contributed by atoms with E-state index in [1.54, 1.807) is 27.7 Å². The molecule has 1 N–H and O–H groups in total. The molecule has 0 bridgehead atoms. The molecule has 1 fully saturated rings. The molecule has 1 atom stereocenters. The Bertz CT molecular complexity index is 798. The van der Waals surface area contributed by atoms with Crippen molar-refractivity contribution in [2.45, 2.75) is 79.4 Å². The summed E-state index contributed by atoms with van der Waals surface area (Å²) in [5.41, 5.74) is -1.99. The maximum absolute atomic E-state index is 15.5. The molecule has 6 nitrogen and oxygen atoms in total. The lowest BCUT2D eigenvalue weighted by atomic mass is 9.94. The van der Waals surface area contributed by atoms with Crippen molar-refractivity contribution in [1.82, 2.24) is 0 Å². The summed E-state index contributed by atoms with van der Waals surface area (Å²) >= 11 is 0.